The van der Waals surface area contributed by atoms with E-state index in [4.69, 9.17) is 5.73 Å². The monoisotopic (exact) mass is 401 g/mol. The van der Waals surface area contributed by atoms with Crippen LogP contribution in [0.2, 0.25) is 0 Å². The van der Waals surface area contributed by atoms with Gasteiger partial charge >= 0.3 is 5.97 Å². The molecule has 0 radical (unpaired) electrons. The zero-order valence-electron chi connectivity index (χ0n) is 14.9. The summed E-state index contributed by atoms with van der Waals surface area (Å²) >= 11 is 1.32. The fourth-order valence-corrected chi connectivity index (χ4v) is 4.22. The molecule has 0 aromatic carbocycles. The number of aromatic nitrogens is 3. The molecule has 0 aliphatic carbocycles. The molecule has 1 fully saturated rings. The Bertz CT molecular complexity index is 1070. The molecule has 4 N–H and O–H groups in total. The molecule has 28 heavy (non-hydrogen) atoms. The number of carboxylic acid groups (broad SMARTS) is 1. The molecule has 9 nitrogen and oxygen atoms in total. The number of hydrogen-bond donors (Lipinski definition) is 3. The highest BCUT2D eigenvalue weighted by Crippen LogP contribution is 2.28. The molecule has 10 heteroatoms. The molecule has 146 valence electrons. The van der Waals surface area contributed by atoms with E-state index in [1.54, 1.807) is 23.7 Å². The van der Waals surface area contributed by atoms with Crippen LogP contribution in [-0.2, 0) is 0 Å². The molecule has 1 saturated heterocycles. The number of carboxylic acids is 1. The van der Waals surface area contributed by atoms with Crippen LogP contribution in [0.3, 0.4) is 0 Å². The summed E-state index contributed by atoms with van der Waals surface area (Å²) in [6.07, 6.45) is 2.87. The molecule has 0 bridgehead atoms. The van der Waals surface area contributed by atoms with Crippen LogP contribution in [0, 0.1) is 11.8 Å². The zero-order chi connectivity index (χ0) is 19.8. The molecular formula is C18H19N5O4S. The quantitative estimate of drug-likeness (QED) is 0.564. The average molecular weight is 401 g/mol. The molecule has 3 aromatic rings. The van der Waals surface area contributed by atoms with Gasteiger partial charge in [-0.25, -0.2) is 14.8 Å². The van der Waals surface area contributed by atoms with Crippen LogP contribution >= 0.6 is 11.3 Å². The van der Waals surface area contributed by atoms with Crippen LogP contribution in [0.1, 0.15) is 10.4 Å². The fourth-order valence-electron chi connectivity index (χ4n) is 3.60. The topological polar surface area (TPSA) is 135 Å². The summed E-state index contributed by atoms with van der Waals surface area (Å²) in [4.78, 5) is 35.0. The first-order valence-corrected chi connectivity index (χ1v) is 9.67. The number of nitrogens with two attached hydrogens (primary N) is 1. The van der Waals surface area contributed by atoms with E-state index in [0.717, 1.165) is 0 Å². The lowest BCUT2D eigenvalue weighted by molar-refractivity contribution is 0.0695. The van der Waals surface area contributed by atoms with E-state index in [9.17, 15) is 19.8 Å². The van der Waals surface area contributed by atoms with Crippen molar-refractivity contribution in [2.75, 3.05) is 31.1 Å². The van der Waals surface area contributed by atoms with Gasteiger partial charge in [-0.05, 0) is 24.6 Å². The van der Waals surface area contributed by atoms with Crippen molar-refractivity contribution in [3.05, 3.63) is 45.7 Å². The molecule has 0 amide bonds. The molecule has 2 atom stereocenters. The molecule has 0 saturated carbocycles. The first-order valence-electron chi connectivity index (χ1n) is 8.79. The van der Waals surface area contributed by atoms with E-state index in [-0.39, 0.29) is 29.4 Å². The zero-order valence-corrected chi connectivity index (χ0v) is 15.7. The van der Waals surface area contributed by atoms with Crippen LogP contribution in [0.5, 0.6) is 0 Å². The van der Waals surface area contributed by atoms with Crippen LogP contribution in [0.25, 0.3) is 16.2 Å². The number of pyridine rings is 2. The Labute approximate surface area is 163 Å². The maximum atomic E-state index is 12.6. The van der Waals surface area contributed by atoms with Crippen molar-refractivity contribution in [2.45, 2.75) is 0 Å². The Morgan fingerprint density at radius 3 is 2.71 bits per heavy atom. The minimum absolute atomic E-state index is 0.0533. The number of nitrogens with zero attached hydrogens (tertiary/aromatic N) is 4. The van der Waals surface area contributed by atoms with E-state index >= 15 is 0 Å². The predicted molar refractivity (Wildman–Crippen MR) is 105 cm³/mol. The van der Waals surface area contributed by atoms with Gasteiger partial charge in [0.1, 0.15) is 11.4 Å². The second-order valence-corrected chi connectivity index (χ2v) is 7.62. The third kappa shape index (κ3) is 3.05. The molecule has 4 rings (SSSR count). The Balaban J connectivity index is 1.87. The van der Waals surface area contributed by atoms with E-state index in [1.807, 2.05) is 4.90 Å². The van der Waals surface area contributed by atoms with Gasteiger partial charge in [0.2, 0.25) is 5.43 Å². The molecule has 4 heterocycles. The van der Waals surface area contributed by atoms with Gasteiger partial charge in [0.15, 0.2) is 10.8 Å². The van der Waals surface area contributed by atoms with Crippen molar-refractivity contribution in [1.29, 1.82) is 0 Å². The summed E-state index contributed by atoms with van der Waals surface area (Å²) in [7, 11) is 0. The van der Waals surface area contributed by atoms with Gasteiger partial charge in [-0.1, -0.05) is 0 Å². The van der Waals surface area contributed by atoms with E-state index < -0.39 is 11.4 Å². The SMILES string of the molecule is NC[C@H]1CN(c2ccc3c(=O)c(C(=O)O)cn(-c4nccs4)c3n2)C[C@@H]1CO. The number of aliphatic hydroxyl groups is 1. The first-order chi connectivity index (χ1) is 13.5. The van der Waals surface area contributed by atoms with Gasteiger partial charge in [0.05, 0.1) is 5.39 Å². The first kappa shape index (κ1) is 18.5. The van der Waals surface area contributed by atoms with Gasteiger partial charge in [-0.2, -0.15) is 0 Å². The summed E-state index contributed by atoms with van der Waals surface area (Å²) in [5.74, 6) is -0.414. The number of fused-ring (bicyclic) bond motifs is 1. The highest BCUT2D eigenvalue weighted by Gasteiger charge is 2.32. The van der Waals surface area contributed by atoms with Crippen LogP contribution in [0.4, 0.5) is 5.82 Å². The minimum atomic E-state index is -1.29. The standard InChI is InChI=1S/C18H19N5O4S/c19-5-10-6-22(7-11(10)9-24)14-2-1-12-15(25)13(17(26)27)8-23(16(12)21-14)18-20-3-4-28-18/h1-4,8,10-11,24H,5-7,9,19H2,(H,26,27)/t10-,11+/m0/s1. The molecular weight excluding hydrogens is 382 g/mol. The number of aliphatic hydroxyl groups excluding tert-OH is 1. The second-order valence-electron chi connectivity index (χ2n) is 6.75. The van der Waals surface area contributed by atoms with Gasteiger partial charge in [0, 0.05) is 43.4 Å². The maximum absolute atomic E-state index is 12.6. The molecule has 1 aliphatic rings. The summed E-state index contributed by atoms with van der Waals surface area (Å²) in [6.45, 7) is 1.80. The third-order valence-electron chi connectivity index (χ3n) is 5.13. The lowest BCUT2D eigenvalue weighted by Gasteiger charge is -2.18. The van der Waals surface area contributed by atoms with Gasteiger partial charge < -0.3 is 20.8 Å². The van der Waals surface area contributed by atoms with Crippen LogP contribution < -0.4 is 16.1 Å². The fraction of sp³-hybridized carbons (Fsp3) is 0.333. The van der Waals surface area contributed by atoms with Crippen molar-refractivity contribution in [3.63, 3.8) is 0 Å². The second kappa shape index (κ2) is 7.30. The van der Waals surface area contributed by atoms with Crippen molar-refractivity contribution >= 4 is 34.2 Å². The normalized spacial score (nSPS) is 19.4. The lowest BCUT2D eigenvalue weighted by atomic mass is 9.97. The van der Waals surface area contributed by atoms with Crippen molar-refractivity contribution in [3.8, 4) is 5.13 Å². The minimum Gasteiger partial charge on any atom is -0.477 e. The number of carbonyl (C=O) groups is 1. The highest BCUT2D eigenvalue weighted by atomic mass is 32.1. The molecule has 0 unspecified atom stereocenters. The smallest absolute Gasteiger partial charge is 0.341 e. The van der Waals surface area contributed by atoms with Crippen molar-refractivity contribution in [2.24, 2.45) is 17.6 Å². The maximum Gasteiger partial charge on any atom is 0.341 e. The van der Waals surface area contributed by atoms with Crippen LogP contribution in [0.15, 0.2) is 34.7 Å². The summed E-state index contributed by atoms with van der Waals surface area (Å²) in [5, 5.41) is 21.5. The molecule has 0 spiro atoms. The van der Waals surface area contributed by atoms with Gasteiger partial charge in [-0.15, -0.1) is 11.3 Å². The van der Waals surface area contributed by atoms with Gasteiger partial charge in [0.25, 0.3) is 0 Å². The predicted octanol–water partition coefficient (Wildman–Crippen LogP) is 0.544. The Morgan fingerprint density at radius 2 is 2.11 bits per heavy atom. The van der Waals surface area contributed by atoms with Gasteiger partial charge in [-0.3, -0.25) is 9.36 Å². The van der Waals surface area contributed by atoms with E-state index in [0.29, 0.717) is 36.2 Å². The number of thiazole rings is 1. The number of anilines is 1. The largest absolute Gasteiger partial charge is 0.477 e. The lowest BCUT2D eigenvalue weighted by Crippen LogP contribution is -2.25. The summed E-state index contributed by atoms with van der Waals surface area (Å²) in [5.41, 5.74) is 5.25. The number of rotatable bonds is 5. The highest BCUT2D eigenvalue weighted by molar-refractivity contribution is 7.12. The van der Waals surface area contributed by atoms with E-state index in [2.05, 4.69) is 9.97 Å². The Kier molecular flexibility index (Phi) is 4.84. The van der Waals surface area contributed by atoms with Crippen molar-refractivity contribution < 1.29 is 15.0 Å². The summed E-state index contributed by atoms with van der Waals surface area (Å²) < 4.78 is 1.54. The summed E-state index contributed by atoms with van der Waals surface area (Å²) in [6, 6.07) is 3.30. The van der Waals surface area contributed by atoms with E-state index in [1.165, 1.54) is 22.1 Å². The Hall–Kier alpha value is -2.82. The van der Waals surface area contributed by atoms with Crippen LogP contribution in [-0.4, -0.2) is 57.0 Å². The molecule has 3 aromatic heterocycles. The van der Waals surface area contributed by atoms with Crippen molar-refractivity contribution in [1.82, 2.24) is 14.5 Å². The number of aromatic carboxylic acids is 1. The molecule has 1 aliphatic heterocycles. The number of hydrogen-bond acceptors (Lipinski definition) is 8. The third-order valence-corrected chi connectivity index (χ3v) is 5.90. The average Bonchev–Trinajstić information content (AvgIpc) is 3.37. The Morgan fingerprint density at radius 1 is 1.32 bits per heavy atom.